The molecule has 2 fully saturated rings. The van der Waals surface area contributed by atoms with Crippen LogP contribution in [0.3, 0.4) is 0 Å². The number of carbonyl (C=O) groups excluding carboxylic acids is 2. The summed E-state index contributed by atoms with van der Waals surface area (Å²) in [6, 6.07) is -0.788. The number of aliphatic hydroxyl groups is 2. The van der Waals surface area contributed by atoms with Gasteiger partial charge in [-0.25, -0.2) is 18.4 Å². The number of ketones is 1. The van der Waals surface area contributed by atoms with Crippen LogP contribution in [0.15, 0.2) is 28.5 Å². The molecule has 0 saturated carbocycles. The average Bonchev–Trinajstić information content (AvgIpc) is 3.19. The van der Waals surface area contributed by atoms with Gasteiger partial charge in [-0.05, 0) is 44.3 Å². The Morgan fingerprint density at radius 1 is 1.19 bits per heavy atom. The van der Waals surface area contributed by atoms with Crippen molar-refractivity contribution in [3.8, 4) is 0 Å². The van der Waals surface area contributed by atoms with E-state index in [4.69, 9.17) is 4.74 Å². The van der Waals surface area contributed by atoms with E-state index in [0.717, 1.165) is 5.01 Å². The van der Waals surface area contributed by atoms with Crippen molar-refractivity contribution in [3.63, 3.8) is 0 Å². The van der Waals surface area contributed by atoms with E-state index >= 15 is 0 Å². The summed E-state index contributed by atoms with van der Waals surface area (Å²) in [4.78, 5) is 35.2. The maximum Gasteiger partial charge on any atom is 0.309 e. The van der Waals surface area contributed by atoms with E-state index in [9.17, 15) is 28.2 Å². The summed E-state index contributed by atoms with van der Waals surface area (Å²) in [6.07, 6.45) is 3.17. The lowest BCUT2D eigenvalue weighted by molar-refractivity contribution is -0.154. The lowest BCUT2D eigenvalue weighted by Crippen LogP contribution is -2.45. The standard InChI is InChI=1S/C30H44N4O7S2/c1-17-9-8-10-22-23(34(22)43(39,40)26-14-33(7)16-31-26)12-24(18(2)11-21-15-42-20(4)32-21)41-27(36)13-25(35)30(5,6)29(38)19(3)28(17)37/h11,14-17,19,22-25,28,35,37H,8-10,12-13H2,1-7H3/b18-11+. The second-order valence-corrected chi connectivity index (χ2v) is 15.6. The Balaban J connectivity index is 1.69. The van der Waals surface area contributed by atoms with Crippen LogP contribution in [-0.4, -0.2) is 79.6 Å². The topological polar surface area (TPSA) is 152 Å². The van der Waals surface area contributed by atoms with Gasteiger partial charge in [-0.15, -0.1) is 11.3 Å². The van der Waals surface area contributed by atoms with Crippen molar-refractivity contribution in [1.82, 2.24) is 18.8 Å². The molecule has 0 bridgehead atoms. The van der Waals surface area contributed by atoms with Crippen LogP contribution >= 0.6 is 11.3 Å². The molecule has 0 amide bonds. The fourth-order valence-corrected chi connectivity index (χ4v) is 8.43. The number of fused-ring (bicyclic) bond motifs is 1. The molecule has 0 spiro atoms. The molecular weight excluding hydrogens is 592 g/mol. The molecule has 2 aromatic heterocycles. The van der Waals surface area contributed by atoms with Crippen LogP contribution in [0.5, 0.6) is 0 Å². The zero-order valence-corrected chi connectivity index (χ0v) is 27.6. The minimum atomic E-state index is -3.91. The van der Waals surface area contributed by atoms with Gasteiger partial charge < -0.3 is 19.5 Å². The van der Waals surface area contributed by atoms with Gasteiger partial charge in [0.15, 0.2) is 5.03 Å². The number of nitrogens with zero attached hydrogens (tertiary/aromatic N) is 4. The molecule has 8 unspecified atom stereocenters. The van der Waals surface area contributed by atoms with Gasteiger partial charge in [0, 0.05) is 43.0 Å². The molecule has 13 heteroatoms. The zero-order chi connectivity index (χ0) is 31.9. The van der Waals surface area contributed by atoms with E-state index < -0.39 is 58.1 Å². The second-order valence-electron chi connectivity index (χ2n) is 12.7. The lowest BCUT2D eigenvalue weighted by Gasteiger charge is -2.34. The van der Waals surface area contributed by atoms with Gasteiger partial charge in [0.1, 0.15) is 11.9 Å². The van der Waals surface area contributed by atoms with Gasteiger partial charge in [-0.3, -0.25) is 9.59 Å². The summed E-state index contributed by atoms with van der Waals surface area (Å²) < 4.78 is 36.3. The normalized spacial score (nSPS) is 33.1. The Morgan fingerprint density at radius 2 is 1.88 bits per heavy atom. The van der Waals surface area contributed by atoms with E-state index in [0.29, 0.717) is 30.5 Å². The number of Topliss-reactive ketones (excluding diaryl/α,β-unsaturated/α-hetero) is 1. The summed E-state index contributed by atoms with van der Waals surface area (Å²) >= 11 is 1.49. The number of thiazole rings is 1. The van der Waals surface area contributed by atoms with E-state index in [2.05, 4.69) is 9.97 Å². The van der Waals surface area contributed by atoms with Crippen LogP contribution < -0.4 is 0 Å². The van der Waals surface area contributed by atoms with Crippen LogP contribution in [-0.2, 0) is 31.4 Å². The Hall–Kier alpha value is -2.45. The number of imidazole rings is 1. The van der Waals surface area contributed by atoms with E-state index in [1.165, 1.54) is 28.2 Å². The van der Waals surface area contributed by atoms with E-state index in [1.54, 1.807) is 32.4 Å². The fraction of sp³-hybridized carbons (Fsp3) is 0.667. The number of hydrogen-bond acceptors (Lipinski definition) is 10. The maximum absolute atomic E-state index is 13.7. The molecule has 43 heavy (non-hydrogen) atoms. The highest BCUT2D eigenvalue weighted by molar-refractivity contribution is 7.89. The summed E-state index contributed by atoms with van der Waals surface area (Å²) in [7, 11) is -2.21. The maximum atomic E-state index is 13.7. The zero-order valence-electron chi connectivity index (χ0n) is 25.9. The molecule has 4 heterocycles. The molecule has 0 aromatic carbocycles. The molecule has 0 radical (unpaired) electrons. The third-order valence-electron chi connectivity index (χ3n) is 8.98. The van der Waals surface area contributed by atoms with Gasteiger partial charge in [0.25, 0.3) is 10.0 Å². The Kier molecular flexibility index (Phi) is 10.0. The highest BCUT2D eigenvalue weighted by atomic mass is 32.2. The third kappa shape index (κ3) is 7.28. The quantitative estimate of drug-likeness (QED) is 0.380. The first-order chi connectivity index (χ1) is 20.0. The second kappa shape index (κ2) is 12.9. The first-order valence-corrected chi connectivity index (χ1v) is 17.1. The Bertz CT molecular complexity index is 1460. The smallest absolute Gasteiger partial charge is 0.309 e. The minimum absolute atomic E-state index is 0.0476. The molecular formula is C30H44N4O7S2. The van der Waals surface area contributed by atoms with Gasteiger partial charge in [0.05, 0.1) is 41.1 Å². The number of carbonyl (C=O) groups is 2. The summed E-state index contributed by atoms with van der Waals surface area (Å²) in [6.45, 7) is 10.4. The average molecular weight is 637 g/mol. The molecule has 2 aromatic rings. The molecule has 0 aliphatic carbocycles. The predicted molar refractivity (Wildman–Crippen MR) is 162 cm³/mol. The van der Waals surface area contributed by atoms with Crippen LogP contribution in [0.2, 0.25) is 0 Å². The number of esters is 1. The van der Waals surface area contributed by atoms with E-state index in [1.807, 2.05) is 32.2 Å². The highest BCUT2D eigenvalue weighted by Gasteiger charge is 2.56. The largest absolute Gasteiger partial charge is 0.458 e. The third-order valence-corrected chi connectivity index (χ3v) is 11.6. The van der Waals surface area contributed by atoms with Crippen LogP contribution in [0.1, 0.15) is 77.4 Å². The van der Waals surface area contributed by atoms with Crippen LogP contribution in [0, 0.1) is 24.2 Å². The number of aliphatic hydroxyl groups excluding tert-OH is 2. The van der Waals surface area contributed by atoms with Crippen molar-refractivity contribution in [2.75, 3.05) is 0 Å². The van der Waals surface area contributed by atoms with Crippen LogP contribution in [0.25, 0.3) is 6.08 Å². The number of cyclic esters (lactones) is 1. The van der Waals surface area contributed by atoms with Crippen molar-refractivity contribution in [2.45, 2.75) is 109 Å². The SMILES string of the molecule is C/C(=C\c1csc(C)n1)C1CC2C(CCCC(C)C(O)C(C)C(=O)C(C)(C)C(O)CC(=O)O1)N2S(=O)(=O)c1cn(C)cn1. The summed E-state index contributed by atoms with van der Waals surface area (Å²) in [5, 5.41) is 24.8. The molecule has 11 nitrogen and oxygen atoms in total. The van der Waals surface area contributed by atoms with E-state index in [-0.39, 0.29) is 29.2 Å². The lowest BCUT2D eigenvalue weighted by atomic mass is 9.73. The number of rotatable bonds is 4. The predicted octanol–water partition coefficient (Wildman–Crippen LogP) is 3.50. The number of aryl methyl sites for hydroxylation is 2. The molecule has 8 atom stereocenters. The number of aromatic nitrogens is 3. The van der Waals surface area contributed by atoms with Gasteiger partial charge in [-0.2, -0.15) is 4.31 Å². The van der Waals surface area contributed by atoms with Gasteiger partial charge in [0.2, 0.25) is 0 Å². The first-order valence-electron chi connectivity index (χ1n) is 14.8. The fourth-order valence-electron chi connectivity index (χ4n) is 6.03. The number of sulfonamides is 1. The molecule has 2 aliphatic rings. The molecule has 4 rings (SSSR count). The first kappa shape index (κ1) is 33.4. The van der Waals surface area contributed by atoms with Crippen molar-refractivity contribution in [3.05, 3.63) is 34.2 Å². The molecule has 2 saturated heterocycles. The van der Waals surface area contributed by atoms with Gasteiger partial charge >= 0.3 is 5.97 Å². The Labute approximate surface area is 258 Å². The van der Waals surface area contributed by atoms with Crippen molar-refractivity contribution in [1.29, 1.82) is 0 Å². The molecule has 2 N–H and O–H groups in total. The summed E-state index contributed by atoms with van der Waals surface area (Å²) in [5.41, 5.74) is 0.0988. The van der Waals surface area contributed by atoms with Crippen LogP contribution in [0.4, 0.5) is 0 Å². The molecule has 2 aliphatic heterocycles. The molecule has 238 valence electrons. The minimum Gasteiger partial charge on any atom is -0.458 e. The number of ether oxygens (including phenoxy) is 1. The van der Waals surface area contributed by atoms with Crippen molar-refractivity contribution < 1.29 is 33.0 Å². The number of hydrogen-bond donors (Lipinski definition) is 2. The monoisotopic (exact) mass is 636 g/mol. The van der Waals surface area contributed by atoms with Gasteiger partial charge in [-0.1, -0.05) is 34.1 Å². The van der Waals surface area contributed by atoms with Crippen molar-refractivity contribution in [2.24, 2.45) is 24.3 Å². The summed E-state index contributed by atoms with van der Waals surface area (Å²) in [5.74, 6) is -2.04. The highest BCUT2D eigenvalue weighted by Crippen LogP contribution is 2.43. The van der Waals surface area contributed by atoms with Crippen molar-refractivity contribution >= 4 is 39.2 Å². The Morgan fingerprint density at radius 3 is 2.49 bits per heavy atom.